The number of carbonyl (C=O) groups excluding carboxylic acids is 6. The maximum Gasteiger partial charge on any atom is 0.413 e. The lowest BCUT2D eigenvalue weighted by Crippen LogP contribution is -2.82. The lowest BCUT2D eigenvalue weighted by molar-refractivity contribution is -0.347. The van der Waals surface area contributed by atoms with Crippen LogP contribution in [0.5, 0.6) is 5.75 Å². The van der Waals surface area contributed by atoms with E-state index in [9.17, 15) is 24.3 Å². The van der Waals surface area contributed by atoms with E-state index in [4.69, 9.17) is 42.6 Å². The summed E-state index contributed by atoms with van der Waals surface area (Å²) in [6, 6.07) is 25.4. The summed E-state index contributed by atoms with van der Waals surface area (Å²) in [5.74, 6) is -5.26. The molecule has 2 saturated carbocycles. The first-order valence-electron chi connectivity index (χ1n) is 25.3. The standard InChI is InChI=1S/C58H64N2O16/c1-32-39(71-52(65)45-43(34-18-13-11-14-19-34)60(53(66)76-54(3,4)5)49(72-45)35-23-25-38(68-9)26-24-35)29-58(67)48(74-50(63)36-20-15-12-16-21-36)46-56(8,40(69-10)28-41-57(46,31-70-41)75-33(2)61)47(62)44(42(32)55(58,6)7)73-51(64)37-22-17-27-59-30-37/h11-27,30,39-41,43-46,48-49,67H,28-29,31H2,1-10H3/t39-,40-,41+,43-,44+,45+,46-,48-,49+,56+,57-,58+/m0/s1. The summed E-state index contributed by atoms with van der Waals surface area (Å²) in [6.45, 7) is 12.5. The van der Waals surface area contributed by atoms with E-state index in [0.717, 1.165) is 0 Å². The first kappa shape index (κ1) is 53.8. The van der Waals surface area contributed by atoms with Crippen molar-refractivity contribution in [2.75, 3.05) is 20.8 Å². The molecule has 2 saturated heterocycles. The molecular formula is C58H64N2O16. The fourth-order valence-electron chi connectivity index (χ4n) is 12.3. The number of esters is 4. The Morgan fingerprint density at radius 1 is 0.816 bits per heavy atom. The molecule has 18 nitrogen and oxygen atoms in total. The predicted molar refractivity (Wildman–Crippen MR) is 269 cm³/mol. The molecule has 0 unspecified atom stereocenters. The Morgan fingerprint density at radius 3 is 2.04 bits per heavy atom. The molecule has 0 radical (unpaired) electrons. The Labute approximate surface area is 440 Å². The van der Waals surface area contributed by atoms with Crippen LogP contribution in [-0.4, -0.2) is 125 Å². The number of fused-ring (bicyclic) bond motifs is 5. The summed E-state index contributed by atoms with van der Waals surface area (Å²) in [6.07, 6.45) is -8.43. The summed E-state index contributed by atoms with van der Waals surface area (Å²) < 4.78 is 56.4. The van der Waals surface area contributed by atoms with Gasteiger partial charge in [0, 0.05) is 50.2 Å². The van der Waals surface area contributed by atoms with Gasteiger partial charge in [0.05, 0.1) is 42.3 Å². The third kappa shape index (κ3) is 9.11. The van der Waals surface area contributed by atoms with Crippen molar-refractivity contribution in [2.45, 2.75) is 134 Å². The molecular weight excluding hydrogens is 981 g/mol. The van der Waals surface area contributed by atoms with Crippen molar-refractivity contribution >= 4 is 35.8 Å². The first-order valence-corrected chi connectivity index (χ1v) is 25.3. The molecule has 12 atom stereocenters. The maximum atomic E-state index is 16.4. The van der Waals surface area contributed by atoms with Crippen molar-refractivity contribution in [3.8, 4) is 5.75 Å². The largest absolute Gasteiger partial charge is 0.497 e. The van der Waals surface area contributed by atoms with Crippen LogP contribution in [0.3, 0.4) is 0 Å². The average Bonchev–Trinajstić information content (AvgIpc) is 3.89. The van der Waals surface area contributed by atoms with Crippen molar-refractivity contribution in [2.24, 2.45) is 16.7 Å². The number of hydrogen-bond donors (Lipinski definition) is 1. The molecule has 76 heavy (non-hydrogen) atoms. The van der Waals surface area contributed by atoms with Gasteiger partial charge in [0.15, 0.2) is 29.8 Å². The van der Waals surface area contributed by atoms with Crippen LogP contribution in [0, 0.1) is 16.7 Å². The minimum Gasteiger partial charge on any atom is -0.497 e. The summed E-state index contributed by atoms with van der Waals surface area (Å²) in [4.78, 5) is 94.5. The minimum atomic E-state index is -2.39. The van der Waals surface area contributed by atoms with Gasteiger partial charge < -0.3 is 47.7 Å². The van der Waals surface area contributed by atoms with Gasteiger partial charge in [-0.2, -0.15) is 0 Å². The Morgan fingerprint density at radius 2 is 1.46 bits per heavy atom. The molecule has 402 valence electrons. The lowest BCUT2D eigenvalue weighted by atomic mass is 9.44. The van der Waals surface area contributed by atoms with Crippen molar-refractivity contribution in [3.05, 3.63) is 143 Å². The van der Waals surface area contributed by atoms with Gasteiger partial charge in [-0.15, -0.1) is 0 Å². The number of amides is 1. The van der Waals surface area contributed by atoms with Gasteiger partial charge in [-0.05, 0) is 87.7 Å². The number of rotatable bonds is 11. The second-order valence-corrected chi connectivity index (χ2v) is 21.9. The molecule has 4 fully saturated rings. The SMILES string of the molecule is COc1ccc([C@H]2O[C@@H](C(=O)O[C@H]3C[C@@]4(O)[C@@H](OC(=O)c5ccccc5)[C@@H]5[C@]6(OC(C)=O)CO[C@@H]6C[C@H](OC)[C@@]5(C)C(=O)[C@H](OC(=O)c5cccnc5)C(=C3C)C4(C)C)[C@H](c3ccccc3)N2C(=O)OC(C)(C)C)cc1. The number of carbonyl (C=O) groups is 6. The van der Waals surface area contributed by atoms with Crippen LogP contribution >= 0.6 is 0 Å². The number of benzene rings is 3. The highest BCUT2D eigenvalue weighted by Crippen LogP contribution is 2.65. The summed E-state index contributed by atoms with van der Waals surface area (Å²) in [5.41, 5.74) is -7.37. The summed E-state index contributed by atoms with van der Waals surface area (Å²) in [5, 5.41) is 14.3. The van der Waals surface area contributed by atoms with Crippen LogP contribution in [0.4, 0.5) is 4.79 Å². The van der Waals surface area contributed by atoms with Crippen LogP contribution in [0.15, 0.2) is 121 Å². The highest BCUT2D eigenvalue weighted by molar-refractivity contribution is 5.98. The molecule has 18 heteroatoms. The first-order chi connectivity index (χ1) is 36.0. The van der Waals surface area contributed by atoms with E-state index in [1.54, 1.807) is 121 Å². The highest BCUT2D eigenvalue weighted by atomic mass is 16.6. The van der Waals surface area contributed by atoms with Crippen molar-refractivity contribution in [1.29, 1.82) is 0 Å². The van der Waals surface area contributed by atoms with Crippen molar-refractivity contribution < 1.29 is 76.5 Å². The molecule has 9 rings (SSSR count). The number of aliphatic hydroxyl groups is 1. The zero-order valence-corrected chi connectivity index (χ0v) is 44.2. The molecule has 3 aromatic carbocycles. The van der Waals surface area contributed by atoms with Gasteiger partial charge >= 0.3 is 30.0 Å². The van der Waals surface area contributed by atoms with Gasteiger partial charge in [0.2, 0.25) is 0 Å². The number of methoxy groups -OCH3 is 2. The Bertz CT molecular complexity index is 2910. The smallest absolute Gasteiger partial charge is 0.413 e. The van der Waals surface area contributed by atoms with E-state index < -0.39 is 125 Å². The van der Waals surface area contributed by atoms with E-state index in [1.807, 2.05) is 0 Å². The Kier molecular flexibility index (Phi) is 14.3. The Hall–Kier alpha value is -6.99. The number of aromatic nitrogens is 1. The van der Waals surface area contributed by atoms with Crippen LogP contribution < -0.4 is 4.74 Å². The molecule has 2 bridgehead atoms. The third-order valence-electron chi connectivity index (χ3n) is 16.0. The number of ether oxygens (including phenoxy) is 9. The number of pyridine rings is 1. The van der Waals surface area contributed by atoms with Gasteiger partial charge in [-0.25, -0.2) is 19.2 Å². The predicted octanol–water partition coefficient (Wildman–Crippen LogP) is 7.63. The van der Waals surface area contributed by atoms with Gasteiger partial charge in [0.25, 0.3) is 0 Å². The second-order valence-electron chi connectivity index (χ2n) is 21.9. The highest BCUT2D eigenvalue weighted by Gasteiger charge is 2.79. The molecule has 4 aromatic rings. The van der Waals surface area contributed by atoms with Crippen molar-refractivity contribution in [1.82, 2.24) is 9.88 Å². The molecule has 2 aliphatic heterocycles. The topological polar surface area (TPSA) is 222 Å². The number of hydrogen-bond acceptors (Lipinski definition) is 17. The third-order valence-corrected chi connectivity index (χ3v) is 16.0. The zero-order valence-electron chi connectivity index (χ0n) is 44.2. The van der Waals surface area contributed by atoms with Crippen LogP contribution in [0.25, 0.3) is 0 Å². The minimum absolute atomic E-state index is 0.000839. The average molecular weight is 1050 g/mol. The monoisotopic (exact) mass is 1040 g/mol. The lowest BCUT2D eigenvalue weighted by Gasteiger charge is -2.67. The molecule has 3 aliphatic carbocycles. The quantitative estimate of drug-likeness (QED) is 0.0866. The molecule has 0 spiro atoms. The number of ketones is 1. The van der Waals surface area contributed by atoms with Crippen LogP contribution in [0.1, 0.15) is 112 Å². The van der Waals surface area contributed by atoms with Gasteiger partial charge in [0.1, 0.15) is 41.3 Å². The maximum absolute atomic E-state index is 16.4. The molecule has 1 aromatic heterocycles. The zero-order chi connectivity index (χ0) is 54.7. The Balaban J connectivity index is 1.24. The van der Waals surface area contributed by atoms with Gasteiger partial charge in [-0.1, -0.05) is 74.5 Å². The van der Waals surface area contributed by atoms with E-state index in [0.29, 0.717) is 16.9 Å². The summed E-state index contributed by atoms with van der Waals surface area (Å²) in [7, 11) is 2.91. The number of nitrogens with zero attached hydrogens (tertiary/aromatic N) is 2. The van der Waals surface area contributed by atoms with Crippen LogP contribution in [-0.2, 0) is 52.3 Å². The van der Waals surface area contributed by atoms with Gasteiger partial charge in [-0.3, -0.25) is 19.5 Å². The number of Topliss-reactive ketones (excluding diaryl/α,β-unsaturated/α-hetero) is 1. The van der Waals surface area contributed by atoms with E-state index in [2.05, 4.69) is 4.98 Å². The fourth-order valence-corrected chi connectivity index (χ4v) is 12.3. The van der Waals surface area contributed by atoms with E-state index in [1.165, 1.54) is 62.7 Å². The molecule has 5 aliphatic rings. The van der Waals surface area contributed by atoms with Crippen LogP contribution in [0.2, 0.25) is 0 Å². The van der Waals surface area contributed by atoms with E-state index >= 15 is 9.59 Å². The molecule has 1 N–H and O–H groups in total. The molecule has 1 amide bonds. The fraction of sp³-hybridized carbons (Fsp3) is 0.466. The second kappa shape index (κ2) is 20.2. The summed E-state index contributed by atoms with van der Waals surface area (Å²) >= 11 is 0. The van der Waals surface area contributed by atoms with Crippen molar-refractivity contribution in [3.63, 3.8) is 0 Å². The normalized spacial score (nSPS) is 31.5. The van der Waals surface area contributed by atoms with E-state index in [-0.39, 0.29) is 35.3 Å². The molecule has 3 heterocycles.